The van der Waals surface area contributed by atoms with E-state index in [1.54, 1.807) is 0 Å². The van der Waals surface area contributed by atoms with Crippen molar-refractivity contribution in [3.63, 3.8) is 0 Å². The molecule has 2 N–H and O–H groups in total. The Labute approximate surface area is 96.7 Å². The maximum atomic E-state index is 5.90. The summed E-state index contributed by atoms with van der Waals surface area (Å²) < 4.78 is 0. The van der Waals surface area contributed by atoms with E-state index >= 15 is 0 Å². The largest absolute Gasteiger partial charge is 0.323 e. The maximum absolute atomic E-state index is 5.90. The summed E-state index contributed by atoms with van der Waals surface area (Å²) in [6.07, 6.45) is 5.39. The first-order valence-corrected chi connectivity index (χ1v) is 6.60. The van der Waals surface area contributed by atoms with Crippen molar-refractivity contribution in [2.24, 2.45) is 5.73 Å². The van der Waals surface area contributed by atoms with Gasteiger partial charge in [-0.25, -0.2) is 0 Å². The molecule has 0 aromatic carbocycles. The Bertz CT molecular complexity index is 271. The SMILES string of the molecule is CCCCSc1ccc([C@H](N)CC)nc1. The van der Waals surface area contributed by atoms with Gasteiger partial charge in [-0.2, -0.15) is 0 Å². The molecule has 0 fully saturated rings. The highest BCUT2D eigenvalue weighted by atomic mass is 32.2. The Kier molecular flexibility index (Phi) is 5.73. The van der Waals surface area contributed by atoms with Crippen molar-refractivity contribution in [1.29, 1.82) is 0 Å². The molecule has 15 heavy (non-hydrogen) atoms. The van der Waals surface area contributed by atoms with E-state index in [2.05, 4.69) is 24.9 Å². The van der Waals surface area contributed by atoms with Gasteiger partial charge in [0.2, 0.25) is 0 Å². The van der Waals surface area contributed by atoms with E-state index in [1.807, 2.05) is 24.0 Å². The van der Waals surface area contributed by atoms with Crippen LogP contribution in [0.25, 0.3) is 0 Å². The first-order chi connectivity index (χ1) is 7.27. The molecule has 1 atom stereocenters. The van der Waals surface area contributed by atoms with Gasteiger partial charge in [-0.05, 0) is 30.7 Å². The summed E-state index contributed by atoms with van der Waals surface area (Å²) in [5.74, 6) is 1.18. The van der Waals surface area contributed by atoms with Crippen LogP contribution in [-0.2, 0) is 0 Å². The van der Waals surface area contributed by atoms with Crippen molar-refractivity contribution in [2.75, 3.05) is 5.75 Å². The second-order valence-corrected chi connectivity index (χ2v) is 4.80. The third-order valence-electron chi connectivity index (χ3n) is 2.35. The lowest BCUT2D eigenvalue weighted by atomic mass is 10.1. The van der Waals surface area contributed by atoms with Crippen LogP contribution < -0.4 is 5.73 Å². The lowest BCUT2D eigenvalue weighted by Crippen LogP contribution is -2.10. The topological polar surface area (TPSA) is 38.9 Å². The molecule has 0 saturated heterocycles. The summed E-state index contributed by atoms with van der Waals surface area (Å²) in [6.45, 7) is 4.29. The molecule has 0 radical (unpaired) electrons. The number of nitrogens with zero attached hydrogens (tertiary/aromatic N) is 1. The molecular formula is C12H20N2S. The van der Waals surface area contributed by atoms with Crippen LogP contribution in [-0.4, -0.2) is 10.7 Å². The molecule has 0 amide bonds. The number of hydrogen-bond donors (Lipinski definition) is 1. The van der Waals surface area contributed by atoms with Crippen molar-refractivity contribution in [1.82, 2.24) is 4.98 Å². The molecule has 0 aliphatic heterocycles. The number of aromatic nitrogens is 1. The summed E-state index contributed by atoms with van der Waals surface area (Å²) in [4.78, 5) is 5.63. The van der Waals surface area contributed by atoms with Crippen LogP contribution in [0.15, 0.2) is 23.2 Å². The molecule has 0 bridgehead atoms. The Hall–Kier alpha value is -0.540. The summed E-state index contributed by atoms with van der Waals surface area (Å²) >= 11 is 1.87. The van der Waals surface area contributed by atoms with Crippen LogP contribution in [0, 0.1) is 0 Å². The van der Waals surface area contributed by atoms with Gasteiger partial charge >= 0.3 is 0 Å². The van der Waals surface area contributed by atoms with Crippen LogP contribution in [0.5, 0.6) is 0 Å². The van der Waals surface area contributed by atoms with Gasteiger partial charge < -0.3 is 5.73 Å². The fourth-order valence-corrected chi connectivity index (χ4v) is 2.20. The van der Waals surface area contributed by atoms with Crippen molar-refractivity contribution >= 4 is 11.8 Å². The quantitative estimate of drug-likeness (QED) is 0.594. The highest BCUT2D eigenvalue weighted by Gasteiger charge is 2.04. The van der Waals surface area contributed by atoms with E-state index in [4.69, 9.17) is 5.73 Å². The molecule has 0 saturated carbocycles. The number of nitrogens with two attached hydrogens (primary N) is 1. The molecule has 84 valence electrons. The second kappa shape index (κ2) is 6.85. The van der Waals surface area contributed by atoms with E-state index in [0.717, 1.165) is 12.1 Å². The average Bonchev–Trinajstić information content (AvgIpc) is 2.29. The smallest absolute Gasteiger partial charge is 0.0571 e. The first-order valence-electron chi connectivity index (χ1n) is 5.62. The predicted octanol–water partition coefficient (Wildman–Crippen LogP) is 3.38. The average molecular weight is 224 g/mol. The Balaban J connectivity index is 2.49. The highest BCUT2D eigenvalue weighted by molar-refractivity contribution is 7.99. The van der Waals surface area contributed by atoms with Crippen molar-refractivity contribution in [2.45, 2.75) is 44.0 Å². The zero-order chi connectivity index (χ0) is 11.1. The fraction of sp³-hybridized carbons (Fsp3) is 0.583. The number of thioether (sulfide) groups is 1. The minimum atomic E-state index is 0.0830. The summed E-state index contributed by atoms with van der Waals surface area (Å²) in [5.41, 5.74) is 6.89. The summed E-state index contributed by atoms with van der Waals surface area (Å²) in [7, 11) is 0. The zero-order valence-corrected chi connectivity index (χ0v) is 10.4. The third-order valence-corrected chi connectivity index (χ3v) is 3.41. The highest BCUT2D eigenvalue weighted by Crippen LogP contribution is 2.20. The van der Waals surface area contributed by atoms with Gasteiger partial charge in [-0.15, -0.1) is 11.8 Å². The fourth-order valence-electron chi connectivity index (χ4n) is 1.24. The van der Waals surface area contributed by atoms with Crippen molar-refractivity contribution in [3.05, 3.63) is 24.0 Å². The molecule has 0 spiro atoms. The van der Waals surface area contributed by atoms with Gasteiger partial charge in [0.05, 0.1) is 5.69 Å². The van der Waals surface area contributed by atoms with Crippen LogP contribution in [0.2, 0.25) is 0 Å². The zero-order valence-electron chi connectivity index (χ0n) is 9.57. The van der Waals surface area contributed by atoms with E-state index in [1.165, 1.54) is 23.5 Å². The first kappa shape index (κ1) is 12.5. The van der Waals surface area contributed by atoms with Crippen molar-refractivity contribution in [3.8, 4) is 0 Å². The number of rotatable bonds is 6. The third kappa shape index (κ3) is 4.22. The van der Waals surface area contributed by atoms with Gasteiger partial charge in [0, 0.05) is 17.1 Å². The molecule has 1 rings (SSSR count). The normalized spacial score (nSPS) is 12.7. The lowest BCUT2D eigenvalue weighted by Gasteiger charge is -2.08. The van der Waals surface area contributed by atoms with Crippen LogP contribution >= 0.6 is 11.8 Å². The minimum absolute atomic E-state index is 0.0830. The maximum Gasteiger partial charge on any atom is 0.0571 e. The van der Waals surface area contributed by atoms with Gasteiger partial charge in [-0.1, -0.05) is 20.3 Å². The molecule has 0 aliphatic rings. The molecule has 2 nitrogen and oxygen atoms in total. The second-order valence-electron chi connectivity index (χ2n) is 3.64. The number of pyridine rings is 1. The molecule has 1 heterocycles. The molecular weight excluding hydrogens is 204 g/mol. The van der Waals surface area contributed by atoms with Gasteiger partial charge in [0.25, 0.3) is 0 Å². The Morgan fingerprint density at radius 2 is 2.20 bits per heavy atom. The molecule has 3 heteroatoms. The monoisotopic (exact) mass is 224 g/mol. The Morgan fingerprint density at radius 3 is 2.73 bits per heavy atom. The lowest BCUT2D eigenvalue weighted by molar-refractivity contribution is 0.674. The van der Waals surface area contributed by atoms with Crippen LogP contribution in [0.3, 0.4) is 0 Å². The predicted molar refractivity (Wildman–Crippen MR) is 67.1 cm³/mol. The molecule has 0 unspecified atom stereocenters. The standard InChI is InChI=1S/C12H20N2S/c1-3-5-8-15-10-6-7-12(14-9-10)11(13)4-2/h6-7,9,11H,3-5,8,13H2,1-2H3/t11-/m1/s1. The molecule has 1 aromatic heterocycles. The minimum Gasteiger partial charge on any atom is -0.323 e. The molecule has 1 aromatic rings. The Morgan fingerprint density at radius 1 is 1.40 bits per heavy atom. The van der Waals surface area contributed by atoms with E-state index in [-0.39, 0.29) is 6.04 Å². The van der Waals surface area contributed by atoms with E-state index in [9.17, 15) is 0 Å². The number of hydrogen-bond acceptors (Lipinski definition) is 3. The van der Waals surface area contributed by atoms with E-state index < -0.39 is 0 Å². The van der Waals surface area contributed by atoms with Crippen molar-refractivity contribution < 1.29 is 0 Å². The van der Waals surface area contributed by atoms with Crippen LogP contribution in [0.1, 0.15) is 44.8 Å². The van der Waals surface area contributed by atoms with Gasteiger partial charge in [0.15, 0.2) is 0 Å². The summed E-state index contributed by atoms with van der Waals surface area (Å²) in [6, 6.07) is 4.25. The molecule has 0 aliphatic carbocycles. The van der Waals surface area contributed by atoms with Gasteiger partial charge in [-0.3, -0.25) is 4.98 Å². The van der Waals surface area contributed by atoms with E-state index in [0.29, 0.717) is 0 Å². The number of unbranched alkanes of at least 4 members (excludes halogenated alkanes) is 1. The van der Waals surface area contributed by atoms with Crippen LogP contribution in [0.4, 0.5) is 0 Å². The van der Waals surface area contributed by atoms with Gasteiger partial charge in [0.1, 0.15) is 0 Å². The summed E-state index contributed by atoms with van der Waals surface area (Å²) in [5, 5.41) is 0.